The van der Waals surface area contributed by atoms with E-state index in [0.29, 0.717) is 23.7 Å². The molecule has 15 fully saturated rings. The molecule has 10 bridgehead atoms. The van der Waals surface area contributed by atoms with E-state index in [1.165, 1.54) is 161 Å². The van der Waals surface area contributed by atoms with Crippen LogP contribution in [0, 0.1) is 132 Å². The average molecular weight is 1760 g/mol. The summed E-state index contributed by atoms with van der Waals surface area (Å²) < 4.78 is 36.1. The highest BCUT2D eigenvalue weighted by Crippen LogP contribution is 2.72. The van der Waals surface area contributed by atoms with Gasteiger partial charge in [-0.05, 0) is 394 Å². The normalized spacial score (nSPS) is 35.1. The number of hydrogen-bond acceptors (Lipinski definition) is 12. The second-order valence-corrected chi connectivity index (χ2v) is 46.8. The van der Waals surface area contributed by atoms with Crippen LogP contribution in [-0.4, -0.2) is 69.4 Å². The van der Waals surface area contributed by atoms with E-state index in [1.54, 1.807) is 0 Å². The lowest BCUT2D eigenvalue weighted by molar-refractivity contribution is -0.186. The molecule has 0 aromatic carbocycles. The number of carbonyl (C=O) groups is 6. The molecule has 0 N–H and O–H groups in total. The molecular weight excluding hydrogens is 1540 g/mol. The van der Waals surface area contributed by atoms with Crippen LogP contribution in [0.2, 0.25) is 0 Å². The molecule has 0 aliphatic heterocycles. The predicted octanol–water partition coefficient (Wildman–Crippen LogP) is 33.9. The first-order valence-electron chi connectivity index (χ1n) is 47.1. The van der Waals surface area contributed by atoms with Crippen LogP contribution < -0.4 is 0 Å². The van der Waals surface area contributed by atoms with Gasteiger partial charge < -0.3 is 28.4 Å². The molecule has 15 saturated carbocycles. The highest BCUT2D eigenvalue weighted by molar-refractivity contribution is 5.79. The lowest BCUT2D eigenvalue weighted by Crippen LogP contribution is -2.49. The van der Waals surface area contributed by atoms with E-state index in [0.717, 1.165) is 136 Å². The van der Waals surface area contributed by atoms with E-state index in [4.69, 9.17) is 28.4 Å². The number of esters is 6. The third-order valence-corrected chi connectivity index (χ3v) is 36.6. The number of hydrogen-bond donors (Lipinski definition) is 0. The van der Waals surface area contributed by atoms with Gasteiger partial charge >= 0.3 is 35.8 Å². The summed E-state index contributed by atoms with van der Waals surface area (Å²) in [7, 11) is 0. The van der Waals surface area contributed by atoms with Gasteiger partial charge in [0.15, 0.2) is 0 Å². The lowest BCUT2D eigenvalue weighted by Gasteiger charge is -2.48. The molecule has 19 atom stereocenters. The Morgan fingerprint density at radius 2 is 0.702 bits per heavy atom. The first kappa shape index (κ1) is 127. The zero-order valence-electron chi connectivity index (χ0n) is 77.6. The summed E-state index contributed by atoms with van der Waals surface area (Å²) in [6.07, 6.45) is 44.7. The molecule has 15 aliphatic carbocycles. The van der Waals surface area contributed by atoms with E-state index in [2.05, 4.69) is 104 Å². The van der Waals surface area contributed by atoms with Gasteiger partial charge in [-0.15, -0.1) is 0 Å². The standard InChI is InChI=1S/C18H30O2.C17H28O2.3C17H30O2.C14H24O2.12CH4/c1-6-16(2,3)15(19)20-17(4,5)18-10-12-7-13(11-18)9-14(18)8-12;1-5-16(2,3)15(18)19-17(4)10-11-9-14(17)13-8-6-7-12(11)13;1-8-14(2,3)13(18)19-17(7)11-12-9-10-16(17,6)15(12,4)5;1-5-16(2,3)15(18)19-17(4)12-8-10-13-9-6-7-11-14(13)17;1-5-16(2,3)15(18)19-17(4)11-10-13-8-6-7-9-14(13)12-17;1-5-13(2,3)12(15)16-14(4)9-10-6-7-11(14)8-10;;;;;;;;;;;;/h12-14H,6-11H2,1-5H3;11-14H,5-10H2,1-4H3;12H,8-11H2,1-7H3;2*13-14H,5-12H2,1-4H3;10-11H,5-9H2,1-4H3;12*1H4. The van der Waals surface area contributed by atoms with Gasteiger partial charge in [0, 0.05) is 22.7 Å². The van der Waals surface area contributed by atoms with E-state index < -0.39 is 0 Å². The largest absolute Gasteiger partial charge is 0.459 e. The third-order valence-electron chi connectivity index (χ3n) is 36.6. The van der Waals surface area contributed by atoms with Crippen molar-refractivity contribution in [2.75, 3.05) is 0 Å². The molecule has 124 heavy (non-hydrogen) atoms. The molecule has 0 aromatic rings. The van der Waals surface area contributed by atoms with Gasteiger partial charge in [0.05, 0.1) is 32.5 Å². The quantitative estimate of drug-likeness (QED) is 0.0892. The fraction of sp³-hybridized carbons (Fsp3) is 0.946. The maximum absolute atomic E-state index is 12.5. The Kier molecular flexibility index (Phi) is 48.1. The Morgan fingerprint density at radius 1 is 0.290 bits per heavy atom. The van der Waals surface area contributed by atoms with E-state index in [1.807, 2.05) is 90.0 Å². The van der Waals surface area contributed by atoms with Crippen molar-refractivity contribution in [1.29, 1.82) is 0 Å². The first-order chi connectivity index (χ1) is 51.7. The lowest BCUT2D eigenvalue weighted by atomic mass is 9.63. The number of carbonyl (C=O) groups excluding carboxylic acids is 6. The Bertz CT molecular complexity index is 3240. The fourth-order valence-corrected chi connectivity index (χ4v) is 25.4. The van der Waals surface area contributed by atoms with Gasteiger partial charge in [-0.3, -0.25) is 28.8 Å². The van der Waals surface area contributed by atoms with Crippen LogP contribution in [0.5, 0.6) is 0 Å². The molecule has 0 heterocycles. The highest BCUT2D eigenvalue weighted by Gasteiger charge is 2.70. The van der Waals surface area contributed by atoms with Crippen LogP contribution in [-0.2, 0) is 57.2 Å². The topological polar surface area (TPSA) is 158 Å². The van der Waals surface area contributed by atoms with Crippen molar-refractivity contribution >= 4 is 35.8 Å². The number of rotatable bonds is 19. The fourth-order valence-electron chi connectivity index (χ4n) is 25.4. The molecule has 15 rings (SSSR count). The van der Waals surface area contributed by atoms with Crippen molar-refractivity contribution in [2.45, 2.75) is 554 Å². The van der Waals surface area contributed by atoms with Gasteiger partial charge in [0.1, 0.15) is 33.6 Å². The Hall–Kier alpha value is -3.18. The smallest absolute Gasteiger partial charge is 0.312 e. The van der Waals surface area contributed by atoms with Gasteiger partial charge in [0.25, 0.3) is 0 Å². The molecular formula is C112H220O12. The van der Waals surface area contributed by atoms with Crippen molar-refractivity contribution in [3.8, 4) is 0 Å². The molecule has 15 aliphatic rings. The van der Waals surface area contributed by atoms with Crippen LogP contribution in [0.4, 0.5) is 0 Å². The zero-order chi connectivity index (χ0) is 83.5. The SMILES string of the molecule is C.C.C.C.C.C.C.C.C.C.C.C.CCC(C)(C)C(=O)OC(C)(C)C12CC3CC(CC1C3)C2.CCC(C)(C)C(=O)OC1(C)CC2CC1C1CCCC21.CCC(C)(C)C(=O)OC1(C)CC2CCC1(C)C2(C)C.CCC(C)(C)C(=O)OC1(C)CC2CCC1C2.CCC(C)(C)C(=O)OC1(C)CCC2CCCCC2C1.CCC(C)(C)C(=O)OC1(C)CCCC2CCCCC21. The molecule has 19 unspecified atom stereocenters. The van der Waals surface area contributed by atoms with Gasteiger partial charge in [-0.2, -0.15) is 0 Å². The van der Waals surface area contributed by atoms with Crippen LogP contribution in [0.15, 0.2) is 0 Å². The molecule has 12 heteroatoms. The van der Waals surface area contributed by atoms with Crippen molar-refractivity contribution in [1.82, 2.24) is 0 Å². The predicted molar refractivity (Wildman–Crippen MR) is 534 cm³/mol. The Balaban J connectivity index is -0.000000684. The minimum atomic E-state index is -0.370. The van der Waals surface area contributed by atoms with Crippen molar-refractivity contribution < 1.29 is 57.2 Å². The van der Waals surface area contributed by atoms with Crippen LogP contribution in [0.25, 0.3) is 0 Å². The highest BCUT2D eigenvalue weighted by atomic mass is 16.6. The van der Waals surface area contributed by atoms with Gasteiger partial charge in [0.2, 0.25) is 0 Å². The van der Waals surface area contributed by atoms with E-state index in [-0.39, 0.29) is 207 Å². The van der Waals surface area contributed by atoms with Crippen LogP contribution >= 0.6 is 0 Å². The maximum Gasteiger partial charge on any atom is 0.312 e. The van der Waals surface area contributed by atoms with Gasteiger partial charge in [-0.1, -0.05) is 203 Å². The number of fused-ring (bicyclic) bond motifs is 11. The van der Waals surface area contributed by atoms with Crippen LogP contribution in [0.3, 0.4) is 0 Å². The summed E-state index contributed by atoms with van der Waals surface area (Å²) in [6, 6.07) is 0. The molecule has 740 valence electrons. The van der Waals surface area contributed by atoms with E-state index >= 15 is 0 Å². The minimum absolute atomic E-state index is 0. The monoisotopic (exact) mass is 1760 g/mol. The second kappa shape index (κ2) is 46.9. The summed E-state index contributed by atoms with van der Waals surface area (Å²) in [6.45, 7) is 58.5. The molecule has 0 aromatic heterocycles. The van der Waals surface area contributed by atoms with Gasteiger partial charge in [-0.25, -0.2) is 0 Å². The van der Waals surface area contributed by atoms with Crippen molar-refractivity contribution in [3.63, 3.8) is 0 Å². The summed E-state index contributed by atoms with van der Waals surface area (Å²) in [5.41, 5.74) is -2.73. The molecule has 0 saturated heterocycles. The van der Waals surface area contributed by atoms with Crippen LogP contribution in [0.1, 0.15) is 521 Å². The maximum atomic E-state index is 12.5. The first-order valence-corrected chi connectivity index (χ1v) is 47.1. The summed E-state index contributed by atoms with van der Waals surface area (Å²) in [4.78, 5) is 74.2. The Labute approximate surface area is 774 Å². The van der Waals surface area contributed by atoms with Crippen molar-refractivity contribution in [3.05, 3.63) is 0 Å². The zero-order valence-corrected chi connectivity index (χ0v) is 77.6. The average Bonchev–Trinajstić information content (AvgIpc) is 1.53. The van der Waals surface area contributed by atoms with Crippen molar-refractivity contribution in [2.24, 2.45) is 132 Å². The minimum Gasteiger partial charge on any atom is -0.459 e. The second-order valence-electron chi connectivity index (χ2n) is 46.8. The molecule has 0 amide bonds. The Morgan fingerprint density at radius 3 is 1.15 bits per heavy atom. The molecule has 0 radical (unpaired) electrons. The molecule has 0 spiro atoms. The summed E-state index contributed by atoms with van der Waals surface area (Å²) >= 11 is 0. The molecule has 12 nitrogen and oxygen atoms in total. The number of ether oxygens (including phenoxy) is 6. The van der Waals surface area contributed by atoms with E-state index in [9.17, 15) is 28.8 Å². The third kappa shape index (κ3) is 26.0. The summed E-state index contributed by atoms with van der Waals surface area (Å²) in [5, 5.41) is 0. The summed E-state index contributed by atoms with van der Waals surface area (Å²) in [5.74, 6) is 11.1.